The molecular weight excluding hydrogens is 224 g/mol. The fourth-order valence-electron chi connectivity index (χ4n) is 3.76. The minimum absolute atomic E-state index is 0.483. The third kappa shape index (κ3) is 3.69. The lowest BCUT2D eigenvalue weighted by Crippen LogP contribution is -2.46. The predicted octanol–water partition coefficient (Wildman–Crippen LogP) is 2.27. The molecule has 2 unspecified atom stereocenters. The molecule has 0 spiro atoms. The van der Waals surface area contributed by atoms with E-state index in [-0.39, 0.29) is 0 Å². The molecule has 106 valence electrons. The Morgan fingerprint density at radius 1 is 1.39 bits per heavy atom. The highest BCUT2D eigenvalue weighted by Gasteiger charge is 2.35. The van der Waals surface area contributed by atoms with E-state index in [2.05, 4.69) is 24.1 Å². The second kappa shape index (κ2) is 6.88. The SMILES string of the molecule is CCCC1(CN2CCCC(OCC)C2)CCNC1. The first-order valence-corrected chi connectivity index (χ1v) is 7.83. The van der Waals surface area contributed by atoms with Gasteiger partial charge in [0.1, 0.15) is 0 Å². The van der Waals surface area contributed by atoms with Crippen LogP contribution in [0, 0.1) is 5.41 Å². The second-order valence-corrected chi connectivity index (χ2v) is 6.13. The van der Waals surface area contributed by atoms with Gasteiger partial charge in [-0.05, 0) is 51.1 Å². The molecule has 18 heavy (non-hydrogen) atoms. The van der Waals surface area contributed by atoms with Gasteiger partial charge in [-0.2, -0.15) is 0 Å². The quantitative estimate of drug-likeness (QED) is 0.787. The van der Waals surface area contributed by atoms with Gasteiger partial charge in [0.2, 0.25) is 0 Å². The smallest absolute Gasteiger partial charge is 0.0702 e. The maximum atomic E-state index is 5.81. The van der Waals surface area contributed by atoms with Gasteiger partial charge in [-0.15, -0.1) is 0 Å². The topological polar surface area (TPSA) is 24.5 Å². The van der Waals surface area contributed by atoms with Crippen molar-refractivity contribution in [3.63, 3.8) is 0 Å². The first-order chi connectivity index (χ1) is 8.78. The van der Waals surface area contributed by atoms with Gasteiger partial charge >= 0.3 is 0 Å². The van der Waals surface area contributed by atoms with E-state index < -0.39 is 0 Å². The van der Waals surface area contributed by atoms with E-state index >= 15 is 0 Å². The molecule has 2 atom stereocenters. The summed E-state index contributed by atoms with van der Waals surface area (Å²) in [5.41, 5.74) is 0.544. The molecule has 0 aromatic rings. The highest BCUT2D eigenvalue weighted by atomic mass is 16.5. The Labute approximate surface area is 112 Å². The third-order valence-corrected chi connectivity index (χ3v) is 4.54. The van der Waals surface area contributed by atoms with Crippen LogP contribution in [-0.2, 0) is 4.74 Å². The number of hydrogen-bond donors (Lipinski definition) is 1. The first-order valence-electron chi connectivity index (χ1n) is 7.83. The Morgan fingerprint density at radius 2 is 2.28 bits per heavy atom. The summed E-state index contributed by atoms with van der Waals surface area (Å²) in [7, 11) is 0. The standard InChI is InChI=1S/C15H30N2O/c1-3-7-15(8-9-16-12-15)13-17-10-5-6-14(11-17)18-4-2/h14,16H,3-13H2,1-2H3. The first kappa shape index (κ1) is 14.3. The zero-order chi connectivity index (χ0) is 12.8. The monoisotopic (exact) mass is 254 g/mol. The molecular formula is C15H30N2O. The van der Waals surface area contributed by atoms with Crippen molar-refractivity contribution in [1.29, 1.82) is 0 Å². The van der Waals surface area contributed by atoms with E-state index in [9.17, 15) is 0 Å². The molecule has 2 aliphatic rings. The van der Waals surface area contributed by atoms with Crippen molar-refractivity contribution < 1.29 is 4.74 Å². The predicted molar refractivity (Wildman–Crippen MR) is 75.9 cm³/mol. The van der Waals surface area contributed by atoms with Crippen LogP contribution in [0.5, 0.6) is 0 Å². The van der Waals surface area contributed by atoms with Gasteiger partial charge < -0.3 is 15.0 Å². The molecule has 0 saturated carbocycles. The lowest BCUT2D eigenvalue weighted by Gasteiger charge is -2.39. The second-order valence-electron chi connectivity index (χ2n) is 6.13. The zero-order valence-corrected chi connectivity index (χ0v) is 12.2. The third-order valence-electron chi connectivity index (χ3n) is 4.54. The van der Waals surface area contributed by atoms with Gasteiger partial charge in [-0.25, -0.2) is 0 Å². The molecule has 2 fully saturated rings. The molecule has 0 aliphatic carbocycles. The van der Waals surface area contributed by atoms with Crippen LogP contribution in [0.15, 0.2) is 0 Å². The highest BCUT2D eigenvalue weighted by molar-refractivity contribution is 4.91. The molecule has 0 bridgehead atoms. The average Bonchev–Trinajstić information content (AvgIpc) is 2.79. The van der Waals surface area contributed by atoms with E-state index in [1.807, 2.05) is 0 Å². The lowest BCUT2D eigenvalue weighted by molar-refractivity contribution is -0.00606. The summed E-state index contributed by atoms with van der Waals surface area (Å²) in [5, 5.41) is 3.57. The minimum atomic E-state index is 0.483. The largest absolute Gasteiger partial charge is 0.377 e. The molecule has 0 radical (unpaired) electrons. The van der Waals surface area contributed by atoms with Gasteiger partial charge in [0, 0.05) is 26.2 Å². The van der Waals surface area contributed by atoms with Crippen LogP contribution in [-0.4, -0.2) is 50.3 Å². The molecule has 3 nitrogen and oxygen atoms in total. The van der Waals surface area contributed by atoms with E-state index in [4.69, 9.17) is 4.74 Å². The van der Waals surface area contributed by atoms with E-state index in [1.54, 1.807) is 0 Å². The highest BCUT2D eigenvalue weighted by Crippen LogP contribution is 2.33. The van der Waals surface area contributed by atoms with E-state index in [0.29, 0.717) is 11.5 Å². The maximum Gasteiger partial charge on any atom is 0.0702 e. The molecule has 0 aromatic heterocycles. The Bertz CT molecular complexity index is 237. The summed E-state index contributed by atoms with van der Waals surface area (Å²) < 4.78 is 5.81. The van der Waals surface area contributed by atoms with Crippen molar-refractivity contribution in [2.75, 3.05) is 39.3 Å². The number of ether oxygens (including phenoxy) is 1. The summed E-state index contributed by atoms with van der Waals surface area (Å²) >= 11 is 0. The molecule has 2 aliphatic heterocycles. The fourth-order valence-corrected chi connectivity index (χ4v) is 3.76. The summed E-state index contributed by atoms with van der Waals surface area (Å²) in [6.07, 6.45) is 7.08. The van der Waals surface area contributed by atoms with Crippen molar-refractivity contribution in [3.05, 3.63) is 0 Å². The zero-order valence-electron chi connectivity index (χ0n) is 12.2. The van der Waals surface area contributed by atoms with Gasteiger partial charge in [0.05, 0.1) is 6.10 Å². The summed E-state index contributed by atoms with van der Waals surface area (Å²) in [4.78, 5) is 2.66. The van der Waals surface area contributed by atoms with Gasteiger partial charge in [0.15, 0.2) is 0 Å². The van der Waals surface area contributed by atoms with Crippen molar-refractivity contribution in [3.8, 4) is 0 Å². The number of rotatable bonds is 6. The van der Waals surface area contributed by atoms with Crippen LogP contribution in [0.3, 0.4) is 0 Å². The molecule has 1 N–H and O–H groups in total. The lowest BCUT2D eigenvalue weighted by atomic mass is 9.81. The number of hydrogen-bond acceptors (Lipinski definition) is 3. The van der Waals surface area contributed by atoms with Crippen molar-refractivity contribution in [2.24, 2.45) is 5.41 Å². The fraction of sp³-hybridized carbons (Fsp3) is 1.00. The number of likely N-dealkylation sites (tertiary alicyclic amines) is 1. The Morgan fingerprint density at radius 3 is 2.94 bits per heavy atom. The van der Waals surface area contributed by atoms with Crippen LogP contribution in [0.25, 0.3) is 0 Å². The number of nitrogens with zero attached hydrogens (tertiary/aromatic N) is 1. The molecule has 3 heteroatoms. The minimum Gasteiger partial charge on any atom is -0.377 e. The summed E-state index contributed by atoms with van der Waals surface area (Å²) in [5.74, 6) is 0. The Balaban J connectivity index is 1.86. The van der Waals surface area contributed by atoms with Crippen molar-refractivity contribution in [1.82, 2.24) is 10.2 Å². The maximum absolute atomic E-state index is 5.81. The van der Waals surface area contributed by atoms with E-state index in [0.717, 1.165) is 13.2 Å². The molecule has 0 amide bonds. The number of nitrogens with one attached hydrogen (secondary N) is 1. The van der Waals surface area contributed by atoms with Crippen LogP contribution in [0.1, 0.15) is 46.0 Å². The van der Waals surface area contributed by atoms with Crippen LogP contribution in [0.4, 0.5) is 0 Å². The van der Waals surface area contributed by atoms with Gasteiger partial charge in [0.25, 0.3) is 0 Å². The molecule has 2 rings (SSSR count). The van der Waals surface area contributed by atoms with E-state index in [1.165, 1.54) is 58.3 Å². The average molecular weight is 254 g/mol. The normalized spacial score (nSPS) is 34.0. The van der Waals surface area contributed by atoms with Crippen molar-refractivity contribution in [2.45, 2.75) is 52.1 Å². The Hall–Kier alpha value is -0.120. The van der Waals surface area contributed by atoms with Crippen LogP contribution in [0.2, 0.25) is 0 Å². The molecule has 2 heterocycles. The van der Waals surface area contributed by atoms with Crippen molar-refractivity contribution >= 4 is 0 Å². The van der Waals surface area contributed by atoms with Crippen LogP contribution < -0.4 is 5.32 Å². The Kier molecular flexibility index (Phi) is 5.46. The summed E-state index contributed by atoms with van der Waals surface area (Å²) in [6, 6.07) is 0. The molecule has 0 aromatic carbocycles. The molecule has 2 saturated heterocycles. The summed E-state index contributed by atoms with van der Waals surface area (Å²) in [6.45, 7) is 11.4. The van der Waals surface area contributed by atoms with Crippen LogP contribution >= 0.6 is 0 Å². The van der Waals surface area contributed by atoms with Gasteiger partial charge in [-0.3, -0.25) is 0 Å². The van der Waals surface area contributed by atoms with Gasteiger partial charge in [-0.1, -0.05) is 13.3 Å². The number of piperidine rings is 1.